The van der Waals surface area contributed by atoms with Gasteiger partial charge >= 0.3 is 0 Å². The van der Waals surface area contributed by atoms with Crippen LogP contribution in [0.5, 0.6) is 0 Å². The van der Waals surface area contributed by atoms with Gasteiger partial charge in [0.15, 0.2) is 10.4 Å². The summed E-state index contributed by atoms with van der Waals surface area (Å²) in [5.41, 5.74) is 4.11. The van der Waals surface area contributed by atoms with Gasteiger partial charge in [-0.1, -0.05) is 29.8 Å². The monoisotopic (exact) mass is 482 g/mol. The summed E-state index contributed by atoms with van der Waals surface area (Å²) in [6.07, 6.45) is 7.56. The van der Waals surface area contributed by atoms with Crippen molar-refractivity contribution in [2.24, 2.45) is 7.05 Å². The van der Waals surface area contributed by atoms with Crippen molar-refractivity contribution in [3.63, 3.8) is 0 Å². The molecule has 1 aliphatic heterocycles. The molecule has 1 amide bonds. The van der Waals surface area contributed by atoms with Crippen molar-refractivity contribution in [3.8, 4) is 0 Å². The van der Waals surface area contributed by atoms with Crippen LogP contribution in [0.15, 0.2) is 64.3 Å². The van der Waals surface area contributed by atoms with Crippen molar-refractivity contribution in [2.75, 3.05) is 4.90 Å². The average molecular weight is 484 g/mol. The number of hydrogen-bond donors (Lipinski definition) is 0. The van der Waals surface area contributed by atoms with Crippen LogP contribution in [-0.2, 0) is 7.05 Å². The Morgan fingerprint density at radius 1 is 1.17 bits per heavy atom. The number of anilines is 1. The van der Waals surface area contributed by atoms with Gasteiger partial charge in [-0.2, -0.15) is 0 Å². The van der Waals surface area contributed by atoms with Crippen LogP contribution in [0.2, 0.25) is 5.02 Å². The number of nitrogens with zero attached hydrogens (tertiary/aromatic N) is 4. The lowest BCUT2D eigenvalue weighted by molar-refractivity contribution is 0.0989. The Morgan fingerprint density at radius 3 is 2.47 bits per heavy atom. The third-order valence-corrected chi connectivity index (χ3v) is 6.20. The summed E-state index contributed by atoms with van der Waals surface area (Å²) in [6, 6.07) is 8.76. The first-order valence-electron chi connectivity index (χ1n) is 9.30. The highest BCUT2D eigenvalue weighted by Crippen LogP contribution is 2.44. The maximum atomic E-state index is 13.5. The number of allylic oxidation sites excluding steroid dienone is 4. The number of amides is 1. The zero-order chi connectivity index (χ0) is 21.2. The van der Waals surface area contributed by atoms with E-state index in [0.29, 0.717) is 26.7 Å². The normalized spacial score (nSPS) is 17.2. The minimum absolute atomic E-state index is 0.0962. The summed E-state index contributed by atoms with van der Waals surface area (Å²) in [5.74, 6) is -0.216. The van der Waals surface area contributed by atoms with Crippen LogP contribution in [0, 0.1) is 6.92 Å². The summed E-state index contributed by atoms with van der Waals surface area (Å²) in [7, 11) is 1.68. The molecule has 0 spiro atoms. The minimum atomic E-state index is -0.421. The number of fused-ring (bicyclic) bond motifs is 1. The summed E-state index contributed by atoms with van der Waals surface area (Å²) >= 11 is 9.62. The van der Waals surface area contributed by atoms with Gasteiger partial charge < -0.3 is 4.57 Å². The van der Waals surface area contributed by atoms with Crippen molar-refractivity contribution >= 4 is 44.8 Å². The first kappa shape index (κ1) is 19.1. The van der Waals surface area contributed by atoms with Crippen LogP contribution in [0.4, 0.5) is 5.69 Å². The van der Waals surface area contributed by atoms with Crippen molar-refractivity contribution < 1.29 is 4.79 Å². The number of carbonyl (C=O) groups is 1. The molecule has 0 saturated carbocycles. The molecule has 1 aromatic carbocycles. The van der Waals surface area contributed by atoms with Crippen LogP contribution in [0.1, 0.15) is 33.4 Å². The molecule has 150 valence electrons. The molecular formula is C22H16BrClN4O2. The largest absolute Gasteiger partial charge is 0.316 e. The fraction of sp³-hybridized carbons (Fsp3) is 0.136. The van der Waals surface area contributed by atoms with Gasteiger partial charge in [0, 0.05) is 29.5 Å². The molecule has 30 heavy (non-hydrogen) atoms. The van der Waals surface area contributed by atoms with Gasteiger partial charge in [-0.05, 0) is 58.8 Å². The topological polar surface area (TPSA) is 60.1 Å². The van der Waals surface area contributed by atoms with Gasteiger partial charge in [-0.3, -0.25) is 19.1 Å². The molecule has 2 aliphatic rings. The van der Waals surface area contributed by atoms with E-state index < -0.39 is 6.04 Å². The molecule has 1 aliphatic carbocycles. The van der Waals surface area contributed by atoms with Crippen LogP contribution in [0.3, 0.4) is 0 Å². The Bertz CT molecular complexity index is 1310. The van der Waals surface area contributed by atoms with Gasteiger partial charge in [0.25, 0.3) is 11.5 Å². The minimum Gasteiger partial charge on any atom is -0.316 e. The maximum Gasteiger partial charge on any atom is 0.279 e. The number of pyridine rings is 1. The van der Waals surface area contributed by atoms with Crippen LogP contribution in [0.25, 0.3) is 5.70 Å². The molecule has 5 rings (SSSR count). The number of aromatic nitrogens is 3. The number of carbonyl (C=O) groups excluding carboxylic acids is 1. The molecular weight excluding hydrogens is 468 g/mol. The van der Waals surface area contributed by atoms with E-state index in [4.69, 9.17) is 11.6 Å². The second-order valence-electron chi connectivity index (χ2n) is 7.33. The van der Waals surface area contributed by atoms with E-state index in [2.05, 4.69) is 20.9 Å². The third-order valence-electron chi connectivity index (χ3n) is 5.41. The van der Waals surface area contributed by atoms with E-state index in [1.807, 2.05) is 47.1 Å². The molecule has 0 N–H and O–H groups in total. The third kappa shape index (κ3) is 2.73. The first-order chi connectivity index (χ1) is 14.4. The number of rotatable bonds is 3. The molecule has 2 aromatic heterocycles. The second-order valence-corrected chi connectivity index (χ2v) is 8.47. The lowest BCUT2D eigenvalue weighted by Gasteiger charge is -2.28. The van der Waals surface area contributed by atoms with Crippen LogP contribution in [-0.4, -0.2) is 20.0 Å². The van der Waals surface area contributed by atoms with E-state index in [1.54, 1.807) is 31.1 Å². The zero-order valence-corrected chi connectivity index (χ0v) is 18.5. The Labute approximate surface area is 185 Å². The first-order valence-corrected chi connectivity index (χ1v) is 10.5. The number of imidazole rings is 1. The molecule has 6 nitrogen and oxygen atoms in total. The lowest BCUT2D eigenvalue weighted by atomic mass is 10.0. The highest BCUT2D eigenvalue weighted by atomic mass is 79.9. The number of hydrogen-bond acceptors (Lipinski definition) is 3. The molecule has 1 unspecified atom stereocenters. The molecule has 0 saturated heterocycles. The molecule has 0 bridgehead atoms. The SMILES string of the molecule is Cc1cc(N2C(=O)c3nc(Br)n(C4=CC=C4)c3C2c2ccc(Cl)cc2)cn(C)c1=O. The molecule has 3 heterocycles. The van der Waals surface area contributed by atoms with Gasteiger partial charge in [0.05, 0.1) is 11.4 Å². The Balaban J connectivity index is 1.76. The average Bonchev–Trinajstić information content (AvgIpc) is 3.13. The van der Waals surface area contributed by atoms with E-state index in [9.17, 15) is 9.59 Å². The maximum absolute atomic E-state index is 13.5. The fourth-order valence-corrected chi connectivity index (χ4v) is 4.65. The summed E-state index contributed by atoms with van der Waals surface area (Å²) in [5, 5.41) is 0.618. The van der Waals surface area contributed by atoms with Gasteiger partial charge in [0.2, 0.25) is 0 Å². The van der Waals surface area contributed by atoms with E-state index >= 15 is 0 Å². The Hall–Kier alpha value is -2.90. The Kier molecular flexibility index (Phi) is 4.34. The molecule has 0 fully saturated rings. The lowest BCUT2D eigenvalue weighted by Crippen LogP contribution is -2.32. The summed E-state index contributed by atoms with van der Waals surface area (Å²) in [4.78, 5) is 32.0. The van der Waals surface area contributed by atoms with Gasteiger partial charge in [-0.25, -0.2) is 4.98 Å². The van der Waals surface area contributed by atoms with Crippen molar-refractivity contribution in [1.29, 1.82) is 0 Å². The number of halogens is 2. The zero-order valence-electron chi connectivity index (χ0n) is 16.1. The predicted molar refractivity (Wildman–Crippen MR) is 120 cm³/mol. The molecule has 1 atom stereocenters. The summed E-state index contributed by atoms with van der Waals surface area (Å²) in [6.45, 7) is 1.75. The van der Waals surface area contributed by atoms with Crippen molar-refractivity contribution in [1.82, 2.24) is 14.1 Å². The van der Waals surface area contributed by atoms with E-state index in [0.717, 1.165) is 17.0 Å². The fourth-order valence-electron chi connectivity index (χ4n) is 3.95. The van der Waals surface area contributed by atoms with Crippen LogP contribution < -0.4 is 10.5 Å². The van der Waals surface area contributed by atoms with Crippen molar-refractivity contribution in [2.45, 2.75) is 13.0 Å². The molecule has 3 aromatic rings. The van der Waals surface area contributed by atoms with Crippen LogP contribution >= 0.6 is 27.5 Å². The Morgan fingerprint density at radius 2 is 1.87 bits per heavy atom. The molecule has 0 radical (unpaired) electrons. The summed E-state index contributed by atoms with van der Waals surface area (Å²) < 4.78 is 4.02. The van der Waals surface area contributed by atoms with E-state index in [1.165, 1.54) is 4.57 Å². The highest BCUT2D eigenvalue weighted by Gasteiger charge is 2.44. The highest BCUT2D eigenvalue weighted by molar-refractivity contribution is 9.10. The number of aryl methyl sites for hydroxylation is 2. The van der Waals surface area contributed by atoms with E-state index in [-0.39, 0.29) is 11.5 Å². The van der Waals surface area contributed by atoms with Gasteiger partial charge in [0.1, 0.15) is 6.04 Å². The number of benzene rings is 1. The van der Waals surface area contributed by atoms with Gasteiger partial charge in [-0.15, -0.1) is 0 Å². The predicted octanol–water partition coefficient (Wildman–Crippen LogP) is 4.47. The van der Waals surface area contributed by atoms with Crippen molar-refractivity contribution in [3.05, 3.63) is 97.4 Å². The quantitative estimate of drug-likeness (QED) is 0.552. The second kappa shape index (κ2) is 6.82. The smallest absolute Gasteiger partial charge is 0.279 e. The standard InChI is InChI=1S/C22H16BrClN4O2/c1-12-10-16(11-26(2)20(12)29)27-18(13-6-8-14(24)9-7-13)19-17(21(27)30)25-22(23)28(19)15-4-3-5-15/h3-11,18H,1-2H3. The molecule has 8 heteroatoms.